The number of carbonyl (C=O) groups is 2. The predicted molar refractivity (Wildman–Crippen MR) is 192 cm³/mol. The summed E-state index contributed by atoms with van der Waals surface area (Å²) in [6.07, 6.45) is 32.9. The Hall–Kier alpha value is 0.190. The molecular formula is C35H69NO2S3. The monoisotopic (exact) mass is 631 g/mol. The van der Waals surface area contributed by atoms with Gasteiger partial charge in [0.15, 0.2) is 5.12 Å². The van der Waals surface area contributed by atoms with Crippen LogP contribution in [0.5, 0.6) is 0 Å². The summed E-state index contributed by atoms with van der Waals surface area (Å²) < 4.78 is 0. The number of unbranched alkanes of at least 4 members (excludes halogenated alkanes) is 22. The van der Waals surface area contributed by atoms with E-state index in [9.17, 15) is 9.59 Å². The maximum absolute atomic E-state index is 12.3. The predicted octanol–water partition coefficient (Wildman–Crippen LogP) is 11.6. The molecule has 0 aromatic heterocycles. The van der Waals surface area contributed by atoms with Crippen molar-refractivity contribution in [1.82, 2.24) is 5.32 Å². The van der Waals surface area contributed by atoms with E-state index < -0.39 is 0 Å². The van der Waals surface area contributed by atoms with E-state index in [-0.39, 0.29) is 16.3 Å². The minimum atomic E-state index is 0.107. The number of hydrogen-bond acceptors (Lipinski definition) is 5. The van der Waals surface area contributed by atoms with E-state index in [0.29, 0.717) is 18.1 Å². The third-order valence-electron chi connectivity index (χ3n) is 7.66. The smallest absolute Gasteiger partial charge is 0.230 e. The Balaban J connectivity index is 3.39. The van der Waals surface area contributed by atoms with Gasteiger partial charge < -0.3 is 5.32 Å². The van der Waals surface area contributed by atoms with Crippen molar-refractivity contribution < 1.29 is 9.59 Å². The van der Waals surface area contributed by atoms with Crippen LogP contribution in [-0.2, 0) is 9.59 Å². The summed E-state index contributed by atoms with van der Waals surface area (Å²) in [5.74, 6) is 3.40. The largest absolute Gasteiger partial charge is 0.354 e. The average Bonchev–Trinajstić information content (AvgIpc) is 2.96. The van der Waals surface area contributed by atoms with Crippen molar-refractivity contribution >= 4 is 46.3 Å². The van der Waals surface area contributed by atoms with Gasteiger partial charge in [-0.2, -0.15) is 23.5 Å². The molecule has 1 atom stereocenters. The first-order valence-corrected chi connectivity index (χ1v) is 20.9. The van der Waals surface area contributed by atoms with Crippen LogP contribution in [0.3, 0.4) is 0 Å². The molecule has 0 aliphatic carbocycles. The van der Waals surface area contributed by atoms with Gasteiger partial charge in [0.25, 0.3) is 0 Å². The van der Waals surface area contributed by atoms with Crippen LogP contribution in [0.1, 0.15) is 175 Å². The second-order valence-corrected chi connectivity index (χ2v) is 15.7. The number of amides is 1. The summed E-state index contributed by atoms with van der Waals surface area (Å²) in [5.41, 5.74) is 0. The zero-order valence-corrected chi connectivity index (χ0v) is 30.1. The van der Waals surface area contributed by atoms with Crippen LogP contribution in [0.2, 0.25) is 0 Å². The van der Waals surface area contributed by atoms with Crippen LogP contribution in [0.25, 0.3) is 0 Å². The highest BCUT2D eigenvalue weighted by Gasteiger charge is 2.11. The first-order valence-electron chi connectivity index (χ1n) is 17.7. The van der Waals surface area contributed by atoms with Gasteiger partial charge in [-0.05, 0) is 24.3 Å². The molecule has 3 nitrogen and oxygen atoms in total. The SMILES string of the molecule is CCCCCCCCCCCCCCSCC(=O)NCC(C)SC(=O)CSCCCCCCCCCCCCCC. The summed E-state index contributed by atoms with van der Waals surface area (Å²) in [5, 5.41) is 3.40. The van der Waals surface area contributed by atoms with Crippen LogP contribution < -0.4 is 5.32 Å². The zero-order valence-electron chi connectivity index (χ0n) is 27.6. The minimum absolute atomic E-state index is 0.107. The van der Waals surface area contributed by atoms with Crippen LogP contribution >= 0.6 is 35.3 Å². The van der Waals surface area contributed by atoms with Gasteiger partial charge in [-0.3, -0.25) is 9.59 Å². The van der Waals surface area contributed by atoms with Gasteiger partial charge in [0, 0.05) is 11.8 Å². The van der Waals surface area contributed by atoms with Crippen molar-refractivity contribution in [2.24, 2.45) is 0 Å². The molecule has 0 aromatic carbocycles. The van der Waals surface area contributed by atoms with Gasteiger partial charge in [-0.1, -0.05) is 174 Å². The summed E-state index contributed by atoms with van der Waals surface area (Å²) >= 11 is 4.91. The van der Waals surface area contributed by atoms with Crippen molar-refractivity contribution in [3.63, 3.8) is 0 Å². The van der Waals surface area contributed by atoms with Gasteiger partial charge in [0.2, 0.25) is 5.91 Å². The Morgan fingerprint density at radius 1 is 0.512 bits per heavy atom. The molecule has 0 bridgehead atoms. The maximum Gasteiger partial charge on any atom is 0.230 e. The van der Waals surface area contributed by atoms with Crippen molar-refractivity contribution in [1.29, 1.82) is 0 Å². The lowest BCUT2D eigenvalue weighted by molar-refractivity contribution is -0.118. The van der Waals surface area contributed by atoms with Crippen molar-refractivity contribution in [2.45, 2.75) is 180 Å². The standard InChI is InChI=1S/C35H69NO2S3/c1-4-6-8-10-12-14-16-18-20-22-24-26-28-39-31-34(37)36-30-33(3)41-35(38)32-40-29-27-25-23-21-19-17-15-13-11-9-7-5-2/h33H,4-32H2,1-3H3,(H,36,37). The van der Waals surface area contributed by atoms with Gasteiger partial charge >= 0.3 is 0 Å². The number of carbonyl (C=O) groups excluding carboxylic acids is 2. The molecule has 0 saturated carbocycles. The molecule has 0 radical (unpaired) electrons. The lowest BCUT2D eigenvalue weighted by atomic mass is 10.1. The molecule has 0 aliphatic heterocycles. The van der Waals surface area contributed by atoms with Gasteiger partial charge in [0.1, 0.15) is 0 Å². The molecule has 1 unspecified atom stereocenters. The first-order chi connectivity index (χ1) is 20.1. The van der Waals surface area contributed by atoms with Gasteiger partial charge in [0.05, 0.1) is 11.5 Å². The van der Waals surface area contributed by atoms with E-state index >= 15 is 0 Å². The molecule has 1 N–H and O–H groups in total. The lowest BCUT2D eigenvalue weighted by Crippen LogP contribution is -2.31. The first kappa shape index (κ1) is 41.2. The summed E-state index contributed by atoms with van der Waals surface area (Å²) in [7, 11) is 0. The summed E-state index contributed by atoms with van der Waals surface area (Å²) in [6.45, 7) is 7.18. The van der Waals surface area contributed by atoms with E-state index in [1.165, 1.54) is 166 Å². The molecule has 0 spiro atoms. The second kappa shape index (κ2) is 34.7. The van der Waals surface area contributed by atoms with E-state index in [2.05, 4.69) is 19.2 Å². The highest BCUT2D eigenvalue weighted by Crippen LogP contribution is 2.18. The Labute approximate surface area is 269 Å². The highest BCUT2D eigenvalue weighted by molar-refractivity contribution is 8.16. The number of rotatable bonds is 33. The van der Waals surface area contributed by atoms with E-state index in [1.807, 2.05) is 6.92 Å². The summed E-state index contributed by atoms with van der Waals surface area (Å²) in [6, 6.07) is 0. The Morgan fingerprint density at radius 3 is 1.24 bits per heavy atom. The third kappa shape index (κ3) is 34.5. The van der Waals surface area contributed by atoms with Gasteiger partial charge in [-0.25, -0.2) is 0 Å². The quantitative estimate of drug-likeness (QED) is 0.0730. The number of thioether (sulfide) groups is 3. The molecular weight excluding hydrogens is 563 g/mol. The second-order valence-electron chi connectivity index (χ2n) is 12.0. The normalized spacial score (nSPS) is 12.1. The lowest BCUT2D eigenvalue weighted by Gasteiger charge is -2.11. The van der Waals surface area contributed by atoms with Crippen molar-refractivity contribution in [3.05, 3.63) is 0 Å². The molecule has 0 rings (SSSR count). The van der Waals surface area contributed by atoms with Gasteiger partial charge in [-0.15, -0.1) is 0 Å². The highest BCUT2D eigenvalue weighted by atomic mass is 32.2. The van der Waals surface area contributed by atoms with Crippen LogP contribution in [0.4, 0.5) is 0 Å². The van der Waals surface area contributed by atoms with Crippen LogP contribution in [-0.4, -0.2) is 45.8 Å². The molecule has 0 saturated heterocycles. The van der Waals surface area contributed by atoms with Crippen molar-refractivity contribution in [3.8, 4) is 0 Å². The molecule has 0 aliphatic rings. The fourth-order valence-corrected chi connectivity index (χ4v) is 7.72. The third-order valence-corrected chi connectivity index (χ3v) is 10.9. The Kier molecular flexibility index (Phi) is 34.8. The fraction of sp³-hybridized carbons (Fsp3) is 0.943. The Bertz CT molecular complexity index is 562. The Morgan fingerprint density at radius 2 is 0.854 bits per heavy atom. The van der Waals surface area contributed by atoms with Crippen molar-refractivity contribution in [2.75, 3.05) is 29.6 Å². The average molecular weight is 632 g/mol. The molecule has 0 aromatic rings. The number of nitrogens with one attached hydrogen (secondary N) is 1. The van der Waals surface area contributed by atoms with Crippen LogP contribution in [0, 0.1) is 0 Å². The van der Waals surface area contributed by atoms with E-state index in [1.54, 1.807) is 23.5 Å². The maximum atomic E-state index is 12.3. The van der Waals surface area contributed by atoms with E-state index in [4.69, 9.17) is 0 Å². The molecule has 0 fully saturated rings. The fourth-order valence-electron chi connectivity index (χ4n) is 5.02. The minimum Gasteiger partial charge on any atom is -0.354 e. The topological polar surface area (TPSA) is 46.2 Å². The molecule has 244 valence electrons. The zero-order chi connectivity index (χ0) is 30.1. The van der Waals surface area contributed by atoms with E-state index in [0.717, 1.165) is 11.5 Å². The van der Waals surface area contributed by atoms with Crippen LogP contribution in [0.15, 0.2) is 0 Å². The summed E-state index contributed by atoms with van der Waals surface area (Å²) in [4.78, 5) is 24.4. The molecule has 6 heteroatoms. The number of hydrogen-bond donors (Lipinski definition) is 1. The molecule has 0 heterocycles. The molecule has 1 amide bonds. The molecule has 41 heavy (non-hydrogen) atoms.